The minimum Gasteiger partial charge on any atom is -0.395 e. The molecule has 0 aromatic heterocycles. The Kier molecular flexibility index (Phi) is 3.23. The fraction of sp³-hybridized carbons (Fsp3) is 0.500. The van der Waals surface area contributed by atoms with E-state index in [2.05, 4.69) is 23.1 Å². The summed E-state index contributed by atoms with van der Waals surface area (Å²) in [5, 5.41) is 8.96. The summed E-state index contributed by atoms with van der Waals surface area (Å²) < 4.78 is 5.18. The minimum atomic E-state index is 0.216. The SMILES string of the molecule is COCc1cccc2c1CCN2CCO. The zero-order chi connectivity index (χ0) is 10.7. The first-order valence-corrected chi connectivity index (χ1v) is 5.32. The van der Waals surface area contributed by atoms with E-state index in [1.54, 1.807) is 7.11 Å². The number of ether oxygens (including phenoxy) is 1. The van der Waals surface area contributed by atoms with E-state index in [9.17, 15) is 0 Å². The first-order chi connectivity index (χ1) is 7.36. The summed E-state index contributed by atoms with van der Waals surface area (Å²) >= 11 is 0. The van der Waals surface area contributed by atoms with Crippen LogP contribution in [0, 0.1) is 0 Å². The second-order valence-corrected chi connectivity index (χ2v) is 3.81. The number of benzene rings is 1. The van der Waals surface area contributed by atoms with Gasteiger partial charge in [0.2, 0.25) is 0 Å². The molecule has 1 heterocycles. The van der Waals surface area contributed by atoms with Gasteiger partial charge in [-0.05, 0) is 23.6 Å². The number of fused-ring (bicyclic) bond motifs is 1. The minimum absolute atomic E-state index is 0.216. The molecule has 1 aliphatic rings. The first kappa shape index (κ1) is 10.5. The Morgan fingerprint density at radius 3 is 3.07 bits per heavy atom. The highest BCUT2D eigenvalue weighted by Crippen LogP contribution is 2.30. The zero-order valence-corrected chi connectivity index (χ0v) is 9.07. The topological polar surface area (TPSA) is 32.7 Å². The van der Waals surface area contributed by atoms with Crippen LogP contribution < -0.4 is 4.90 Å². The molecule has 1 aromatic rings. The zero-order valence-electron chi connectivity index (χ0n) is 9.07. The third kappa shape index (κ3) is 1.98. The number of aliphatic hydroxyl groups is 1. The fourth-order valence-electron chi connectivity index (χ4n) is 2.22. The van der Waals surface area contributed by atoms with Gasteiger partial charge in [-0.2, -0.15) is 0 Å². The quantitative estimate of drug-likeness (QED) is 0.805. The molecule has 0 radical (unpaired) electrons. The van der Waals surface area contributed by atoms with E-state index in [-0.39, 0.29) is 6.61 Å². The second-order valence-electron chi connectivity index (χ2n) is 3.81. The molecule has 0 spiro atoms. The molecule has 0 unspecified atom stereocenters. The number of nitrogens with zero attached hydrogens (tertiary/aromatic N) is 1. The summed E-state index contributed by atoms with van der Waals surface area (Å²) in [5.74, 6) is 0. The van der Waals surface area contributed by atoms with E-state index in [0.717, 1.165) is 19.5 Å². The van der Waals surface area contributed by atoms with E-state index < -0.39 is 0 Å². The third-order valence-electron chi connectivity index (χ3n) is 2.89. The largest absolute Gasteiger partial charge is 0.395 e. The molecule has 82 valence electrons. The maximum atomic E-state index is 8.96. The molecule has 0 atom stereocenters. The van der Waals surface area contributed by atoms with Gasteiger partial charge in [0.1, 0.15) is 0 Å². The van der Waals surface area contributed by atoms with E-state index >= 15 is 0 Å². The summed E-state index contributed by atoms with van der Waals surface area (Å²) in [5.41, 5.74) is 3.92. The maximum absolute atomic E-state index is 8.96. The van der Waals surface area contributed by atoms with Gasteiger partial charge in [-0.3, -0.25) is 0 Å². The summed E-state index contributed by atoms with van der Waals surface area (Å²) in [7, 11) is 1.72. The van der Waals surface area contributed by atoms with Gasteiger partial charge in [-0.25, -0.2) is 0 Å². The fourth-order valence-corrected chi connectivity index (χ4v) is 2.22. The Morgan fingerprint density at radius 1 is 1.47 bits per heavy atom. The molecule has 0 fully saturated rings. The van der Waals surface area contributed by atoms with Gasteiger partial charge in [0.15, 0.2) is 0 Å². The maximum Gasteiger partial charge on any atom is 0.0716 e. The molecule has 0 saturated heterocycles. The van der Waals surface area contributed by atoms with E-state index in [0.29, 0.717) is 6.61 Å². The Labute approximate surface area is 90.3 Å². The molecule has 0 amide bonds. The summed E-state index contributed by atoms with van der Waals surface area (Å²) in [6.45, 7) is 2.63. The third-order valence-corrected chi connectivity index (χ3v) is 2.89. The number of aliphatic hydroxyl groups excluding tert-OH is 1. The highest BCUT2D eigenvalue weighted by Gasteiger charge is 2.20. The van der Waals surface area contributed by atoms with E-state index in [1.165, 1.54) is 16.8 Å². The smallest absolute Gasteiger partial charge is 0.0716 e. The molecular weight excluding hydrogens is 190 g/mol. The van der Waals surface area contributed by atoms with Gasteiger partial charge >= 0.3 is 0 Å². The lowest BCUT2D eigenvalue weighted by atomic mass is 10.1. The van der Waals surface area contributed by atoms with Crippen LogP contribution in [0.25, 0.3) is 0 Å². The highest BCUT2D eigenvalue weighted by atomic mass is 16.5. The molecule has 1 aromatic carbocycles. The van der Waals surface area contributed by atoms with Crippen molar-refractivity contribution in [3.63, 3.8) is 0 Å². The number of anilines is 1. The molecule has 2 rings (SSSR count). The summed E-state index contributed by atoms with van der Waals surface area (Å²) in [6, 6.07) is 6.30. The van der Waals surface area contributed by atoms with Crippen LogP contribution >= 0.6 is 0 Å². The molecule has 1 aliphatic heterocycles. The van der Waals surface area contributed by atoms with Crippen LogP contribution in [0.15, 0.2) is 18.2 Å². The number of rotatable bonds is 4. The van der Waals surface area contributed by atoms with Crippen molar-refractivity contribution in [2.75, 3.05) is 31.7 Å². The Balaban J connectivity index is 2.26. The Morgan fingerprint density at radius 2 is 2.33 bits per heavy atom. The highest BCUT2D eigenvalue weighted by molar-refractivity contribution is 5.60. The molecule has 0 aliphatic carbocycles. The molecule has 3 nitrogen and oxygen atoms in total. The van der Waals surface area contributed by atoms with E-state index in [1.807, 2.05) is 0 Å². The molecule has 0 saturated carbocycles. The molecule has 0 bridgehead atoms. The van der Waals surface area contributed by atoms with Crippen LogP contribution in [0.2, 0.25) is 0 Å². The van der Waals surface area contributed by atoms with Crippen molar-refractivity contribution < 1.29 is 9.84 Å². The van der Waals surface area contributed by atoms with Crippen LogP contribution in [-0.4, -0.2) is 31.9 Å². The normalized spacial score (nSPS) is 14.4. The average Bonchev–Trinajstić information content (AvgIpc) is 2.64. The molecular formula is C12H17NO2. The lowest BCUT2D eigenvalue weighted by Crippen LogP contribution is -2.23. The van der Waals surface area contributed by atoms with Gasteiger partial charge < -0.3 is 14.7 Å². The average molecular weight is 207 g/mol. The predicted octanol–water partition coefficient (Wildman–Crippen LogP) is 1.19. The number of hydrogen-bond donors (Lipinski definition) is 1. The van der Waals surface area contributed by atoms with Crippen molar-refractivity contribution in [1.82, 2.24) is 0 Å². The van der Waals surface area contributed by atoms with Crippen LogP contribution in [-0.2, 0) is 17.8 Å². The van der Waals surface area contributed by atoms with Crippen molar-refractivity contribution in [1.29, 1.82) is 0 Å². The second kappa shape index (κ2) is 4.64. The van der Waals surface area contributed by atoms with Gasteiger partial charge in [0.05, 0.1) is 13.2 Å². The van der Waals surface area contributed by atoms with Gasteiger partial charge in [0, 0.05) is 25.9 Å². The molecule has 15 heavy (non-hydrogen) atoms. The van der Waals surface area contributed by atoms with Crippen molar-refractivity contribution in [2.45, 2.75) is 13.0 Å². The predicted molar refractivity (Wildman–Crippen MR) is 60.2 cm³/mol. The lowest BCUT2D eigenvalue weighted by Gasteiger charge is -2.18. The molecule has 3 heteroatoms. The monoisotopic (exact) mass is 207 g/mol. The van der Waals surface area contributed by atoms with Crippen LogP contribution in [0.3, 0.4) is 0 Å². The number of β-amino-alcohol motifs (C(OH)–C–C–N with tert-alkyl or cyclic N) is 1. The van der Waals surface area contributed by atoms with Gasteiger partial charge in [0.25, 0.3) is 0 Å². The van der Waals surface area contributed by atoms with Crippen molar-refractivity contribution in [2.24, 2.45) is 0 Å². The summed E-state index contributed by atoms with van der Waals surface area (Å²) in [6.07, 6.45) is 1.06. The Hall–Kier alpha value is -1.06. The van der Waals surface area contributed by atoms with Crippen molar-refractivity contribution in [3.8, 4) is 0 Å². The van der Waals surface area contributed by atoms with Gasteiger partial charge in [-0.1, -0.05) is 12.1 Å². The number of methoxy groups -OCH3 is 1. The van der Waals surface area contributed by atoms with Crippen LogP contribution in [0.1, 0.15) is 11.1 Å². The van der Waals surface area contributed by atoms with Gasteiger partial charge in [-0.15, -0.1) is 0 Å². The van der Waals surface area contributed by atoms with E-state index in [4.69, 9.17) is 9.84 Å². The van der Waals surface area contributed by atoms with Crippen LogP contribution in [0.5, 0.6) is 0 Å². The van der Waals surface area contributed by atoms with Crippen molar-refractivity contribution in [3.05, 3.63) is 29.3 Å². The standard InChI is InChI=1S/C12H17NO2/c1-15-9-10-3-2-4-12-11(10)5-6-13(12)7-8-14/h2-4,14H,5-9H2,1H3. The molecule has 1 N–H and O–H groups in total. The van der Waals surface area contributed by atoms with Crippen LogP contribution in [0.4, 0.5) is 5.69 Å². The number of hydrogen-bond acceptors (Lipinski definition) is 3. The lowest BCUT2D eigenvalue weighted by molar-refractivity contribution is 0.184. The Bertz CT molecular complexity index is 338. The van der Waals surface area contributed by atoms with Crippen molar-refractivity contribution >= 4 is 5.69 Å². The summed E-state index contributed by atoms with van der Waals surface area (Å²) in [4.78, 5) is 2.23. The first-order valence-electron chi connectivity index (χ1n) is 5.32.